The Bertz CT molecular complexity index is 1260. The van der Waals surface area contributed by atoms with Gasteiger partial charge < -0.3 is 10.1 Å². The number of aryl methyl sites for hydroxylation is 2. The van der Waals surface area contributed by atoms with Gasteiger partial charge in [0.1, 0.15) is 5.75 Å². The standard InChI is InChI=1S/C27H27N3O2S/c1-18-8-10-21(11-9-18)25-16-30(22-12-14-23(32-4)15-13-22)27(29-25)33-17-26(31)28-24-7-5-6-19(2)20(24)3/h5-16H,17H2,1-4H3,(H,28,31). The Hall–Kier alpha value is -3.51. The maximum absolute atomic E-state index is 12.7. The van der Waals surface area contributed by atoms with Gasteiger partial charge in [0.2, 0.25) is 5.91 Å². The van der Waals surface area contributed by atoms with Crippen LogP contribution in [0.2, 0.25) is 0 Å². The second kappa shape index (κ2) is 9.96. The van der Waals surface area contributed by atoms with Gasteiger partial charge in [-0.15, -0.1) is 0 Å². The molecule has 1 aromatic heterocycles. The predicted octanol–water partition coefficient (Wildman–Crippen LogP) is 6.20. The molecule has 0 saturated heterocycles. The molecule has 4 rings (SSSR count). The monoisotopic (exact) mass is 457 g/mol. The molecule has 0 aliphatic rings. The summed E-state index contributed by atoms with van der Waals surface area (Å²) < 4.78 is 7.31. The summed E-state index contributed by atoms with van der Waals surface area (Å²) in [7, 11) is 1.65. The molecular formula is C27H27N3O2S. The third-order valence-electron chi connectivity index (χ3n) is 5.58. The van der Waals surface area contributed by atoms with E-state index in [0.29, 0.717) is 0 Å². The maximum atomic E-state index is 12.7. The number of nitrogens with one attached hydrogen (secondary N) is 1. The van der Waals surface area contributed by atoms with Crippen molar-refractivity contribution >= 4 is 23.4 Å². The molecule has 0 fully saturated rings. The molecule has 0 saturated carbocycles. The van der Waals surface area contributed by atoms with Crippen LogP contribution in [0.25, 0.3) is 16.9 Å². The first kappa shape index (κ1) is 22.7. The number of methoxy groups -OCH3 is 1. The third-order valence-corrected chi connectivity index (χ3v) is 6.54. The van der Waals surface area contributed by atoms with Crippen molar-refractivity contribution in [2.75, 3.05) is 18.2 Å². The molecule has 1 heterocycles. The maximum Gasteiger partial charge on any atom is 0.234 e. The first-order valence-electron chi connectivity index (χ1n) is 10.7. The van der Waals surface area contributed by atoms with E-state index in [4.69, 9.17) is 9.72 Å². The minimum absolute atomic E-state index is 0.0603. The Morgan fingerprint density at radius 2 is 1.73 bits per heavy atom. The fourth-order valence-electron chi connectivity index (χ4n) is 3.46. The molecule has 0 aliphatic carbocycles. The van der Waals surface area contributed by atoms with Gasteiger partial charge >= 0.3 is 0 Å². The van der Waals surface area contributed by atoms with Gasteiger partial charge in [0.25, 0.3) is 0 Å². The summed E-state index contributed by atoms with van der Waals surface area (Å²) in [6.07, 6.45) is 2.01. The lowest BCUT2D eigenvalue weighted by molar-refractivity contribution is -0.113. The Kier molecular flexibility index (Phi) is 6.84. The van der Waals surface area contributed by atoms with E-state index in [1.54, 1.807) is 7.11 Å². The number of anilines is 1. The van der Waals surface area contributed by atoms with Crippen molar-refractivity contribution < 1.29 is 9.53 Å². The van der Waals surface area contributed by atoms with Crippen LogP contribution in [0.3, 0.4) is 0 Å². The van der Waals surface area contributed by atoms with Crippen molar-refractivity contribution in [2.24, 2.45) is 0 Å². The number of imidazole rings is 1. The molecule has 168 valence electrons. The van der Waals surface area contributed by atoms with Crippen LogP contribution in [0.1, 0.15) is 16.7 Å². The molecule has 5 nitrogen and oxygen atoms in total. The number of benzene rings is 3. The van der Waals surface area contributed by atoms with Crippen molar-refractivity contribution in [3.05, 3.63) is 89.6 Å². The van der Waals surface area contributed by atoms with Crippen LogP contribution in [0.15, 0.2) is 78.1 Å². The Morgan fingerprint density at radius 3 is 2.42 bits per heavy atom. The molecule has 4 aromatic rings. The van der Waals surface area contributed by atoms with Gasteiger partial charge in [0.15, 0.2) is 5.16 Å². The summed E-state index contributed by atoms with van der Waals surface area (Å²) in [6.45, 7) is 6.12. The first-order valence-corrected chi connectivity index (χ1v) is 11.7. The topological polar surface area (TPSA) is 56.2 Å². The fourth-order valence-corrected chi connectivity index (χ4v) is 4.25. The molecule has 0 bridgehead atoms. The Morgan fingerprint density at radius 1 is 1.00 bits per heavy atom. The molecule has 3 aromatic carbocycles. The second-order valence-corrected chi connectivity index (χ2v) is 8.87. The summed E-state index contributed by atoms with van der Waals surface area (Å²) in [5, 5.41) is 3.78. The fraction of sp³-hybridized carbons (Fsp3) is 0.185. The molecule has 0 aliphatic heterocycles. The summed E-state index contributed by atoms with van der Waals surface area (Å²) in [5.74, 6) is 0.989. The van der Waals surface area contributed by atoms with Gasteiger partial charge in [0, 0.05) is 23.1 Å². The zero-order valence-electron chi connectivity index (χ0n) is 19.3. The van der Waals surface area contributed by atoms with E-state index < -0.39 is 0 Å². The van der Waals surface area contributed by atoms with Gasteiger partial charge in [-0.1, -0.05) is 53.7 Å². The van der Waals surface area contributed by atoms with E-state index in [1.165, 1.54) is 17.3 Å². The van der Waals surface area contributed by atoms with Crippen LogP contribution in [-0.2, 0) is 4.79 Å². The minimum Gasteiger partial charge on any atom is -0.497 e. The SMILES string of the molecule is COc1ccc(-n2cc(-c3ccc(C)cc3)nc2SCC(=O)Nc2cccc(C)c2C)cc1. The molecule has 0 radical (unpaired) electrons. The highest BCUT2D eigenvalue weighted by Gasteiger charge is 2.15. The van der Waals surface area contributed by atoms with E-state index >= 15 is 0 Å². The third kappa shape index (κ3) is 5.29. The van der Waals surface area contributed by atoms with Crippen LogP contribution in [0.4, 0.5) is 5.69 Å². The van der Waals surface area contributed by atoms with Gasteiger partial charge in [-0.3, -0.25) is 9.36 Å². The molecule has 0 spiro atoms. The van der Waals surface area contributed by atoms with E-state index in [1.807, 2.05) is 67.1 Å². The van der Waals surface area contributed by atoms with E-state index in [9.17, 15) is 4.79 Å². The second-order valence-electron chi connectivity index (χ2n) is 7.93. The summed E-state index contributed by atoms with van der Waals surface area (Å²) in [5.41, 5.74) is 7.14. The smallest absolute Gasteiger partial charge is 0.234 e. The summed E-state index contributed by atoms with van der Waals surface area (Å²) in [4.78, 5) is 17.6. The van der Waals surface area contributed by atoms with Gasteiger partial charge in [-0.2, -0.15) is 0 Å². The highest BCUT2D eigenvalue weighted by atomic mass is 32.2. The lowest BCUT2D eigenvalue weighted by Gasteiger charge is -2.11. The number of carbonyl (C=O) groups is 1. The van der Waals surface area contributed by atoms with Gasteiger partial charge in [-0.25, -0.2) is 4.98 Å². The van der Waals surface area contributed by atoms with Gasteiger partial charge in [0.05, 0.1) is 18.6 Å². The number of amides is 1. The molecule has 1 N–H and O–H groups in total. The van der Waals surface area contributed by atoms with Crippen molar-refractivity contribution in [1.29, 1.82) is 0 Å². The highest BCUT2D eigenvalue weighted by molar-refractivity contribution is 7.99. The Labute approximate surface area is 198 Å². The molecule has 1 amide bonds. The van der Waals surface area contributed by atoms with Crippen molar-refractivity contribution in [3.8, 4) is 22.7 Å². The van der Waals surface area contributed by atoms with E-state index in [-0.39, 0.29) is 11.7 Å². The van der Waals surface area contributed by atoms with Crippen LogP contribution in [-0.4, -0.2) is 28.3 Å². The van der Waals surface area contributed by atoms with Gasteiger partial charge in [-0.05, 0) is 62.2 Å². The average molecular weight is 458 g/mol. The average Bonchev–Trinajstić information content (AvgIpc) is 3.25. The summed E-state index contributed by atoms with van der Waals surface area (Å²) >= 11 is 1.42. The zero-order valence-corrected chi connectivity index (χ0v) is 20.1. The molecular weight excluding hydrogens is 430 g/mol. The molecule has 0 unspecified atom stereocenters. The number of aromatic nitrogens is 2. The lowest BCUT2D eigenvalue weighted by atomic mass is 10.1. The number of hydrogen-bond donors (Lipinski definition) is 1. The lowest BCUT2D eigenvalue weighted by Crippen LogP contribution is -2.15. The molecule has 0 atom stereocenters. The zero-order chi connectivity index (χ0) is 23.4. The molecule has 33 heavy (non-hydrogen) atoms. The minimum atomic E-state index is -0.0603. The number of hydrogen-bond acceptors (Lipinski definition) is 4. The van der Waals surface area contributed by atoms with E-state index in [2.05, 4.69) is 36.5 Å². The first-order chi connectivity index (χ1) is 15.9. The molecule has 6 heteroatoms. The van der Waals surface area contributed by atoms with Crippen molar-refractivity contribution in [1.82, 2.24) is 9.55 Å². The largest absolute Gasteiger partial charge is 0.497 e. The summed E-state index contributed by atoms with van der Waals surface area (Å²) in [6, 6.07) is 22.0. The van der Waals surface area contributed by atoms with Crippen LogP contribution in [0.5, 0.6) is 5.75 Å². The number of rotatable bonds is 7. The van der Waals surface area contributed by atoms with E-state index in [0.717, 1.165) is 44.7 Å². The quantitative estimate of drug-likeness (QED) is 0.336. The van der Waals surface area contributed by atoms with Crippen LogP contribution in [0, 0.1) is 20.8 Å². The van der Waals surface area contributed by atoms with Crippen LogP contribution < -0.4 is 10.1 Å². The highest BCUT2D eigenvalue weighted by Crippen LogP contribution is 2.29. The number of carbonyl (C=O) groups excluding carboxylic acids is 1. The predicted molar refractivity (Wildman–Crippen MR) is 136 cm³/mol. The number of thioether (sulfide) groups is 1. The van der Waals surface area contributed by atoms with Crippen molar-refractivity contribution in [3.63, 3.8) is 0 Å². The number of nitrogens with zero attached hydrogens (tertiary/aromatic N) is 2. The normalized spacial score (nSPS) is 10.8. The van der Waals surface area contributed by atoms with Crippen LogP contribution >= 0.6 is 11.8 Å². The number of ether oxygens (including phenoxy) is 1. The Balaban J connectivity index is 1.59. The van der Waals surface area contributed by atoms with Crippen molar-refractivity contribution in [2.45, 2.75) is 25.9 Å².